The molecule has 0 saturated carbocycles. The lowest BCUT2D eigenvalue weighted by atomic mass is 10.2. The van der Waals surface area contributed by atoms with Crippen molar-refractivity contribution < 1.29 is 14.0 Å². The predicted octanol–water partition coefficient (Wildman–Crippen LogP) is 2.34. The molecule has 0 bridgehead atoms. The van der Waals surface area contributed by atoms with E-state index in [0.29, 0.717) is 5.78 Å². The van der Waals surface area contributed by atoms with Crippen LogP contribution in [0.2, 0.25) is 0 Å². The summed E-state index contributed by atoms with van der Waals surface area (Å²) in [5.41, 5.74) is -0.475. The third-order valence-corrected chi connectivity index (χ3v) is 1.89. The maximum absolute atomic E-state index is 11.6. The lowest BCUT2D eigenvalue weighted by Crippen LogP contribution is -2.31. The Morgan fingerprint density at radius 3 is 2.44 bits per heavy atom. The van der Waals surface area contributed by atoms with Gasteiger partial charge in [-0.15, -0.1) is 0 Å². The summed E-state index contributed by atoms with van der Waals surface area (Å²) in [4.78, 5) is 11.6. The van der Waals surface area contributed by atoms with Crippen molar-refractivity contribution >= 4 is 11.8 Å². The minimum Gasteiger partial charge on any atom is -0.453 e. The van der Waals surface area contributed by atoms with Crippen molar-refractivity contribution in [1.29, 1.82) is 0 Å². The summed E-state index contributed by atoms with van der Waals surface area (Å²) < 4.78 is 10.7. The summed E-state index contributed by atoms with van der Waals surface area (Å²) in [5.74, 6) is 0.358. The molecule has 0 aromatic heterocycles. The van der Waals surface area contributed by atoms with Gasteiger partial charge in [0.1, 0.15) is 5.60 Å². The van der Waals surface area contributed by atoms with Crippen molar-refractivity contribution in [3.05, 3.63) is 24.3 Å². The Hall–Kier alpha value is -1.38. The molecule has 0 aromatic rings. The lowest BCUT2D eigenvalue weighted by molar-refractivity contribution is -0.485. The molecule has 0 heterocycles. The van der Waals surface area contributed by atoms with Crippen LogP contribution in [0.25, 0.3) is 0 Å². The average molecular weight is 223 g/mol. The molecule has 3 nitrogen and oxygen atoms in total. The summed E-state index contributed by atoms with van der Waals surface area (Å²) >= 11 is 0. The van der Waals surface area contributed by atoms with Crippen molar-refractivity contribution in [2.24, 2.45) is 0 Å². The Kier molecular flexibility index (Phi) is 4.05. The zero-order valence-electron chi connectivity index (χ0n) is 10.3. The van der Waals surface area contributed by atoms with Crippen LogP contribution in [0.3, 0.4) is 0 Å². The summed E-state index contributed by atoms with van der Waals surface area (Å²) in [6.45, 7) is 7.21. The predicted molar refractivity (Wildman–Crippen MR) is 63.2 cm³/mol. The van der Waals surface area contributed by atoms with Crippen molar-refractivity contribution in [2.75, 3.05) is 0 Å². The van der Waals surface area contributed by atoms with Gasteiger partial charge in [0.25, 0.3) is 0 Å². The Labute approximate surface area is 96.5 Å². The summed E-state index contributed by atoms with van der Waals surface area (Å²) in [6.07, 6.45) is 8.02. The number of allylic oxidation sites excluding steroid dienone is 4. The highest BCUT2D eigenvalue weighted by atomic mass is 16.6. The van der Waals surface area contributed by atoms with Crippen LogP contribution in [-0.2, 0) is 14.0 Å². The van der Waals surface area contributed by atoms with Gasteiger partial charge >= 0.3 is 17.9 Å². The van der Waals surface area contributed by atoms with Gasteiger partial charge in [0.2, 0.25) is 0 Å². The van der Waals surface area contributed by atoms with Crippen LogP contribution in [0.1, 0.15) is 34.1 Å². The van der Waals surface area contributed by atoms with E-state index in [2.05, 4.69) is 0 Å². The molecule has 0 aliphatic heterocycles. The summed E-state index contributed by atoms with van der Waals surface area (Å²) in [7, 11) is 0. The number of hydrogen-bond donors (Lipinski definition) is 0. The van der Waals surface area contributed by atoms with Gasteiger partial charge in [-0.3, -0.25) is 0 Å². The Morgan fingerprint density at radius 2 is 1.94 bits per heavy atom. The maximum atomic E-state index is 11.6. The number of carbonyl (C=O) groups is 1. The molecule has 1 rings (SSSR count). The third-order valence-electron chi connectivity index (χ3n) is 1.89. The van der Waals surface area contributed by atoms with Crippen LogP contribution >= 0.6 is 0 Å². The minimum atomic E-state index is -0.582. The molecule has 0 aromatic carbocycles. The Balaban J connectivity index is 2.61. The quantitative estimate of drug-likeness (QED) is 0.532. The van der Waals surface area contributed by atoms with E-state index < -0.39 is 11.7 Å². The third kappa shape index (κ3) is 4.43. The van der Waals surface area contributed by atoms with Crippen LogP contribution in [0.5, 0.6) is 0 Å². The van der Waals surface area contributed by atoms with Gasteiger partial charge in [0.15, 0.2) is 0 Å². The molecule has 0 saturated heterocycles. The molecule has 16 heavy (non-hydrogen) atoms. The van der Waals surface area contributed by atoms with Crippen LogP contribution in [0.15, 0.2) is 24.3 Å². The molecule has 1 aliphatic carbocycles. The largest absolute Gasteiger partial charge is 0.453 e. The monoisotopic (exact) mass is 223 g/mol. The zero-order chi connectivity index (χ0) is 12.2. The van der Waals surface area contributed by atoms with Gasteiger partial charge in [0, 0.05) is 19.1 Å². The molecule has 88 valence electrons. The first-order valence-electron chi connectivity index (χ1n) is 5.48. The second kappa shape index (κ2) is 5.10. The number of rotatable bonds is 2. The fraction of sp³-hybridized carbons (Fsp3) is 0.538. The number of ether oxygens (including phenoxy) is 1. The fourth-order valence-electron chi connectivity index (χ4n) is 1.22. The molecular weight excluding hydrogens is 204 g/mol. The van der Waals surface area contributed by atoms with E-state index in [4.69, 9.17) is 9.16 Å². The summed E-state index contributed by atoms with van der Waals surface area (Å²) in [6, 6.07) is 0. The smallest absolute Gasteiger partial charge is 0.407 e. The maximum Gasteiger partial charge on any atom is 0.407 e. The van der Waals surface area contributed by atoms with Gasteiger partial charge in [-0.2, -0.15) is 0 Å². The first-order valence-corrected chi connectivity index (χ1v) is 5.48. The highest BCUT2D eigenvalue weighted by Crippen LogP contribution is 2.09. The van der Waals surface area contributed by atoms with Crippen LogP contribution in [0, 0.1) is 0 Å². The molecular formula is C13H19O3+. The standard InChI is InChI=1S/C13H19O3/c1-10(12(14)16-13(2,3)4)15-11-8-6-5-7-9-11/h6-10H,5H2,1-4H3/q+1. The molecule has 0 amide bonds. The van der Waals surface area contributed by atoms with Gasteiger partial charge < -0.3 is 4.74 Å². The van der Waals surface area contributed by atoms with Crippen LogP contribution in [0.4, 0.5) is 0 Å². The number of esters is 1. The van der Waals surface area contributed by atoms with Crippen molar-refractivity contribution in [3.63, 3.8) is 0 Å². The van der Waals surface area contributed by atoms with E-state index in [1.165, 1.54) is 0 Å². The molecule has 0 N–H and O–H groups in total. The second-order valence-electron chi connectivity index (χ2n) is 4.74. The number of ketones is 1. The van der Waals surface area contributed by atoms with E-state index in [0.717, 1.165) is 6.42 Å². The highest BCUT2D eigenvalue weighted by molar-refractivity contribution is 6.00. The molecule has 1 atom stereocenters. The first-order chi connectivity index (χ1) is 7.38. The number of hydrogen-bond acceptors (Lipinski definition) is 2. The average Bonchev–Trinajstić information content (AvgIpc) is 2.16. The zero-order valence-corrected chi connectivity index (χ0v) is 10.3. The minimum absolute atomic E-state index is 0.340. The Morgan fingerprint density at radius 1 is 1.38 bits per heavy atom. The fourth-order valence-corrected chi connectivity index (χ4v) is 1.22. The molecule has 0 fully saturated rings. The highest BCUT2D eigenvalue weighted by Gasteiger charge is 2.29. The van der Waals surface area contributed by atoms with E-state index in [-0.39, 0.29) is 5.97 Å². The van der Waals surface area contributed by atoms with E-state index >= 15 is 0 Å². The molecule has 0 radical (unpaired) electrons. The van der Waals surface area contributed by atoms with Gasteiger partial charge in [0.05, 0.1) is 0 Å². The van der Waals surface area contributed by atoms with Crippen molar-refractivity contribution in [1.82, 2.24) is 0 Å². The lowest BCUT2D eigenvalue weighted by Gasteiger charge is -2.18. The van der Waals surface area contributed by atoms with Gasteiger partial charge in [-0.25, -0.2) is 9.22 Å². The van der Waals surface area contributed by atoms with Crippen molar-refractivity contribution in [3.8, 4) is 0 Å². The van der Waals surface area contributed by atoms with Gasteiger partial charge in [-0.05, 0) is 27.2 Å². The van der Waals surface area contributed by atoms with Gasteiger partial charge in [-0.1, -0.05) is 12.2 Å². The van der Waals surface area contributed by atoms with E-state index in [9.17, 15) is 4.79 Å². The molecule has 0 spiro atoms. The Bertz CT molecular complexity index is 329. The topological polar surface area (TPSA) is 37.6 Å². The van der Waals surface area contributed by atoms with Crippen LogP contribution < -0.4 is 0 Å². The van der Waals surface area contributed by atoms with Crippen molar-refractivity contribution in [2.45, 2.75) is 45.8 Å². The van der Waals surface area contributed by atoms with Crippen LogP contribution in [-0.4, -0.2) is 23.5 Å². The van der Waals surface area contributed by atoms with E-state index in [1.807, 2.05) is 45.1 Å². The molecule has 1 aliphatic rings. The summed E-state index contributed by atoms with van der Waals surface area (Å²) in [5, 5.41) is 0. The van der Waals surface area contributed by atoms with E-state index in [1.54, 1.807) is 6.92 Å². The second-order valence-corrected chi connectivity index (χ2v) is 4.74. The molecule has 3 heteroatoms. The number of carbonyl (C=O) groups excluding carboxylic acids is 2. The molecule has 1 unspecified atom stereocenters. The normalized spacial score (nSPS) is 17.1. The SMILES string of the molecule is CC([O+]=C1C=CCC=C1)C(=O)OC(C)(C)C. The first kappa shape index (κ1) is 12.7.